The van der Waals surface area contributed by atoms with Crippen LogP contribution in [0.25, 0.3) is 0 Å². The van der Waals surface area contributed by atoms with Gasteiger partial charge in [0, 0.05) is 13.1 Å². The van der Waals surface area contributed by atoms with E-state index in [2.05, 4.69) is 5.32 Å². The van der Waals surface area contributed by atoms with Crippen molar-refractivity contribution in [2.45, 2.75) is 19.3 Å². The van der Waals surface area contributed by atoms with E-state index in [1.165, 1.54) is 4.90 Å². The van der Waals surface area contributed by atoms with Crippen LogP contribution in [-0.4, -0.2) is 47.4 Å². The third kappa shape index (κ3) is 3.13. The number of rotatable bonds is 2. The molecule has 1 fully saturated rings. The first-order valence-electron chi connectivity index (χ1n) is 6.53. The average molecular weight is 266 g/mol. The molecule has 2 atom stereocenters. The molecule has 2 aliphatic rings. The lowest BCUT2D eigenvalue weighted by Crippen LogP contribution is -2.44. The Bertz CT molecular complexity index is 419. The van der Waals surface area contributed by atoms with Gasteiger partial charge in [0.05, 0.1) is 18.4 Å². The van der Waals surface area contributed by atoms with Crippen molar-refractivity contribution >= 4 is 17.8 Å². The Kier molecular flexibility index (Phi) is 4.19. The number of nitrogens with zero attached hydrogens (tertiary/aromatic N) is 1. The molecular formula is C13H18N2O4. The number of carbonyl (C=O) groups excluding carboxylic acids is 2. The van der Waals surface area contributed by atoms with Gasteiger partial charge in [-0.25, -0.2) is 0 Å². The molecule has 0 aromatic heterocycles. The molecule has 0 bridgehead atoms. The molecule has 0 aromatic carbocycles. The lowest BCUT2D eigenvalue weighted by Gasteiger charge is -2.29. The van der Waals surface area contributed by atoms with Crippen LogP contribution in [0.1, 0.15) is 19.3 Å². The monoisotopic (exact) mass is 266 g/mol. The molecule has 1 aliphatic carbocycles. The Hall–Kier alpha value is -1.85. The summed E-state index contributed by atoms with van der Waals surface area (Å²) >= 11 is 0. The Labute approximate surface area is 111 Å². The van der Waals surface area contributed by atoms with Gasteiger partial charge in [-0.15, -0.1) is 0 Å². The lowest BCUT2D eigenvalue weighted by atomic mass is 9.82. The van der Waals surface area contributed by atoms with Crippen molar-refractivity contribution < 1.29 is 19.5 Å². The number of hydrogen-bond acceptors (Lipinski definition) is 3. The first-order valence-corrected chi connectivity index (χ1v) is 6.53. The van der Waals surface area contributed by atoms with Crippen molar-refractivity contribution in [3.63, 3.8) is 0 Å². The quantitative estimate of drug-likeness (QED) is 0.689. The van der Waals surface area contributed by atoms with Gasteiger partial charge in [-0.2, -0.15) is 0 Å². The lowest BCUT2D eigenvalue weighted by molar-refractivity contribution is -0.151. The minimum absolute atomic E-state index is 0.0331. The van der Waals surface area contributed by atoms with E-state index in [4.69, 9.17) is 0 Å². The summed E-state index contributed by atoms with van der Waals surface area (Å²) in [4.78, 5) is 36.6. The van der Waals surface area contributed by atoms with Crippen LogP contribution in [0.2, 0.25) is 0 Å². The standard InChI is InChI=1S/C13H18N2O4/c16-11-8-15(7-3-6-14-11)12(17)9-4-1-2-5-10(9)13(18)19/h1-2,9-10H,3-8H2,(H,14,16)(H,18,19)/t9-,10+/m1/s1. The largest absolute Gasteiger partial charge is 0.481 e. The highest BCUT2D eigenvalue weighted by atomic mass is 16.4. The van der Waals surface area contributed by atoms with E-state index in [0.29, 0.717) is 32.4 Å². The number of allylic oxidation sites excluding steroid dienone is 2. The van der Waals surface area contributed by atoms with Crippen molar-refractivity contribution in [2.24, 2.45) is 11.8 Å². The second-order valence-electron chi connectivity index (χ2n) is 4.96. The van der Waals surface area contributed by atoms with Gasteiger partial charge in [0.1, 0.15) is 0 Å². The number of aliphatic carboxylic acids is 1. The van der Waals surface area contributed by atoms with E-state index in [9.17, 15) is 19.5 Å². The van der Waals surface area contributed by atoms with E-state index in [1.54, 1.807) is 6.08 Å². The molecule has 0 spiro atoms. The first kappa shape index (κ1) is 13.6. The van der Waals surface area contributed by atoms with Crippen molar-refractivity contribution in [1.82, 2.24) is 10.2 Å². The number of amides is 2. The number of carboxylic acid groups (broad SMARTS) is 1. The molecule has 19 heavy (non-hydrogen) atoms. The second kappa shape index (κ2) is 5.86. The van der Waals surface area contributed by atoms with Crippen LogP contribution >= 0.6 is 0 Å². The number of carbonyl (C=O) groups is 3. The van der Waals surface area contributed by atoms with E-state index in [-0.39, 0.29) is 18.4 Å². The van der Waals surface area contributed by atoms with Gasteiger partial charge in [0.2, 0.25) is 11.8 Å². The van der Waals surface area contributed by atoms with Crippen molar-refractivity contribution in [3.8, 4) is 0 Å². The minimum Gasteiger partial charge on any atom is -0.481 e. The molecule has 0 radical (unpaired) electrons. The molecule has 6 nitrogen and oxygen atoms in total. The summed E-state index contributed by atoms with van der Waals surface area (Å²) in [5.41, 5.74) is 0. The normalized spacial score (nSPS) is 27.6. The summed E-state index contributed by atoms with van der Waals surface area (Å²) in [7, 11) is 0. The van der Waals surface area contributed by atoms with E-state index >= 15 is 0 Å². The fourth-order valence-electron chi connectivity index (χ4n) is 2.59. The van der Waals surface area contributed by atoms with Crippen molar-refractivity contribution in [1.29, 1.82) is 0 Å². The van der Waals surface area contributed by atoms with Crippen molar-refractivity contribution in [3.05, 3.63) is 12.2 Å². The smallest absolute Gasteiger partial charge is 0.307 e. The van der Waals surface area contributed by atoms with Crippen molar-refractivity contribution in [2.75, 3.05) is 19.6 Å². The van der Waals surface area contributed by atoms with Crippen LogP contribution in [0, 0.1) is 11.8 Å². The van der Waals surface area contributed by atoms with Gasteiger partial charge in [0.25, 0.3) is 0 Å². The molecule has 2 N–H and O–H groups in total. The highest BCUT2D eigenvalue weighted by Gasteiger charge is 2.37. The molecule has 2 amide bonds. The van der Waals surface area contributed by atoms with Crippen LogP contribution in [0.5, 0.6) is 0 Å². The zero-order valence-electron chi connectivity index (χ0n) is 10.7. The molecular weight excluding hydrogens is 248 g/mol. The van der Waals surface area contributed by atoms with Crippen LogP contribution in [0.15, 0.2) is 12.2 Å². The number of hydrogen-bond donors (Lipinski definition) is 2. The minimum atomic E-state index is -0.943. The van der Waals surface area contributed by atoms with Crippen LogP contribution in [-0.2, 0) is 14.4 Å². The molecule has 0 aromatic rings. The average Bonchev–Trinajstić information content (AvgIpc) is 2.62. The zero-order chi connectivity index (χ0) is 13.8. The second-order valence-corrected chi connectivity index (χ2v) is 4.96. The van der Waals surface area contributed by atoms with Gasteiger partial charge >= 0.3 is 5.97 Å². The molecule has 2 rings (SSSR count). The Balaban J connectivity index is 2.10. The molecule has 0 saturated carbocycles. The maximum Gasteiger partial charge on any atom is 0.307 e. The van der Waals surface area contributed by atoms with E-state index in [0.717, 1.165) is 0 Å². The van der Waals surface area contributed by atoms with Crippen LogP contribution < -0.4 is 5.32 Å². The van der Waals surface area contributed by atoms with Gasteiger partial charge in [-0.05, 0) is 19.3 Å². The summed E-state index contributed by atoms with van der Waals surface area (Å²) < 4.78 is 0. The first-order chi connectivity index (χ1) is 9.09. The van der Waals surface area contributed by atoms with Crippen LogP contribution in [0.3, 0.4) is 0 Å². The molecule has 1 saturated heterocycles. The molecule has 1 aliphatic heterocycles. The van der Waals surface area contributed by atoms with Crippen LogP contribution in [0.4, 0.5) is 0 Å². The topological polar surface area (TPSA) is 86.7 Å². The Morgan fingerprint density at radius 1 is 1.26 bits per heavy atom. The summed E-state index contributed by atoms with van der Waals surface area (Å²) in [5.74, 6) is -2.56. The predicted molar refractivity (Wildman–Crippen MR) is 67.2 cm³/mol. The fraction of sp³-hybridized carbons (Fsp3) is 0.615. The molecule has 104 valence electrons. The van der Waals surface area contributed by atoms with E-state index in [1.807, 2.05) is 6.08 Å². The molecule has 1 heterocycles. The Morgan fingerprint density at radius 3 is 2.63 bits per heavy atom. The highest BCUT2D eigenvalue weighted by Crippen LogP contribution is 2.27. The maximum atomic E-state index is 12.4. The summed E-state index contributed by atoms with van der Waals surface area (Å²) in [5, 5.41) is 11.9. The van der Waals surface area contributed by atoms with Gasteiger partial charge in [-0.1, -0.05) is 12.2 Å². The van der Waals surface area contributed by atoms with E-state index < -0.39 is 17.8 Å². The summed E-state index contributed by atoms with van der Waals surface area (Å²) in [6.45, 7) is 1.10. The zero-order valence-corrected chi connectivity index (χ0v) is 10.7. The SMILES string of the molecule is O=C1CN(C(=O)[C@@H]2CC=CC[C@@H]2C(=O)O)CCCN1. The fourth-order valence-corrected chi connectivity index (χ4v) is 2.59. The number of carboxylic acids is 1. The predicted octanol–water partition coefficient (Wildman–Crippen LogP) is 0.00190. The summed E-state index contributed by atoms with van der Waals surface area (Å²) in [6.07, 6.45) is 5.18. The number of nitrogens with one attached hydrogen (secondary N) is 1. The maximum absolute atomic E-state index is 12.4. The van der Waals surface area contributed by atoms with Gasteiger partial charge in [-0.3, -0.25) is 14.4 Å². The summed E-state index contributed by atoms with van der Waals surface area (Å²) in [6, 6.07) is 0. The Morgan fingerprint density at radius 2 is 1.95 bits per heavy atom. The third-order valence-corrected chi connectivity index (χ3v) is 3.64. The molecule has 0 unspecified atom stereocenters. The van der Waals surface area contributed by atoms with Gasteiger partial charge in [0.15, 0.2) is 0 Å². The third-order valence-electron chi connectivity index (χ3n) is 3.64. The highest BCUT2D eigenvalue weighted by molar-refractivity contribution is 5.89. The van der Waals surface area contributed by atoms with Gasteiger partial charge < -0.3 is 15.3 Å². The molecule has 6 heteroatoms.